The van der Waals surface area contributed by atoms with Crippen molar-refractivity contribution in [3.05, 3.63) is 149 Å². The molecule has 0 bridgehead atoms. The summed E-state index contributed by atoms with van der Waals surface area (Å²) >= 11 is 0. The zero-order valence-electron chi connectivity index (χ0n) is 26.8. The maximum absolute atomic E-state index is 2.55. The standard InChI is InChI=1S/C42H42N2/c1-41(2,3)33-17-21-35(22-18-33)43-37(29-13-9-7-10-14-29)25-31-28-40-32(27-39(31)43)26-38(30-15-11-8-12-16-30)44(40)36-23-19-34(20-24-36)42(4,5)6/h7-28,31,39H,1-6H3. The number of fused-ring (bicyclic) bond motifs is 2. The van der Waals surface area contributed by atoms with Crippen molar-refractivity contribution >= 4 is 23.5 Å². The predicted molar refractivity (Wildman–Crippen MR) is 187 cm³/mol. The highest BCUT2D eigenvalue weighted by atomic mass is 15.2. The summed E-state index contributed by atoms with van der Waals surface area (Å²) in [5.41, 5.74) is 10.3. The first-order chi connectivity index (χ1) is 21.1. The number of aromatic nitrogens is 1. The van der Waals surface area contributed by atoms with Crippen LogP contribution in [-0.4, -0.2) is 10.6 Å². The molecule has 1 aromatic heterocycles. The molecule has 2 atom stereocenters. The van der Waals surface area contributed by atoms with Crippen LogP contribution in [0.15, 0.2) is 121 Å². The van der Waals surface area contributed by atoms with Gasteiger partial charge in [-0.05, 0) is 68.6 Å². The van der Waals surface area contributed by atoms with Gasteiger partial charge in [0.05, 0.1) is 11.7 Å². The lowest BCUT2D eigenvalue weighted by Gasteiger charge is -2.32. The second-order valence-electron chi connectivity index (χ2n) is 14.4. The van der Waals surface area contributed by atoms with Crippen molar-refractivity contribution < 1.29 is 0 Å². The largest absolute Gasteiger partial charge is 0.333 e. The van der Waals surface area contributed by atoms with Gasteiger partial charge in [-0.1, -0.05) is 145 Å². The average Bonchev–Trinajstić information content (AvgIpc) is 3.58. The number of nitrogens with zero attached hydrogens (tertiary/aromatic N) is 2. The van der Waals surface area contributed by atoms with Crippen LogP contribution in [0.2, 0.25) is 0 Å². The third-order valence-corrected chi connectivity index (χ3v) is 9.21. The lowest BCUT2D eigenvalue weighted by molar-refractivity contribution is 0.590. The van der Waals surface area contributed by atoms with E-state index in [1.54, 1.807) is 0 Å². The van der Waals surface area contributed by atoms with Crippen LogP contribution >= 0.6 is 0 Å². The van der Waals surface area contributed by atoms with Crippen LogP contribution in [-0.2, 0) is 10.8 Å². The summed E-state index contributed by atoms with van der Waals surface area (Å²) < 4.78 is 2.46. The van der Waals surface area contributed by atoms with Gasteiger partial charge in [-0.15, -0.1) is 0 Å². The monoisotopic (exact) mass is 574 g/mol. The van der Waals surface area contributed by atoms with E-state index in [-0.39, 0.29) is 22.8 Å². The first-order valence-corrected chi connectivity index (χ1v) is 15.9. The first kappa shape index (κ1) is 28.2. The van der Waals surface area contributed by atoms with E-state index in [0.29, 0.717) is 0 Å². The topological polar surface area (TPSA) is 8.17 Å². The van der Waals surface area contributed by atoms with E-state index >= 15 is 0 Å². The molecule has 44 heavy (non-hydrogen) atoms. The summed E-state index contributed by atoms with van der Waals surface area (Å²) in [7, 11) is 0. The Morgan fingerprint density at radius 3 is 1.59 bits per heavy atom. The number of hydrogen-bond acceptors (Lipinski definition) is 1. The molecule has 2 nitrogen and oxygen atoms in total. The molecule has 1 aliphatic carbocycles. The molecule has 220 valence electrons. The molecule has 0 radical (unpaired) electrons. The van der Waals surface area contributed by atoms with Gasteiger partial charge in [0.2, 0.25) is 0 Å². The summed E-state index contributed by atoms with van der Waals surface area (Å²) in [5, 5.41) is 2.55. The van der Waals surface area contributed by atoms with E-state index in [1.807, 2.05) is 0 Å². The molecule has 2 heterocycles. The second-order valence-corrected chi connectivity index (χ2v) is 14.4. The third kappa shape index (κ3) is 5.03. The van der Waals surface area contributed by atoms with Gasteiger partial charge in [-0.3, -0.25) is 0 Å². The van der Waals surface area contributed by atoms with Crippen LogP contribution in [0.4, 0.5) is 5.69 Å². The van der Waals surface area contributed by atoms with Gasteiger partial charge >= 0.3 is 0 Å². The van der Waals surface area contributed by atoms with E-state index in [2.05, 4.69) is 184 Å². The van der Waals surface area contributed by atoms with Crippen LogP contribution in [0.1, 0.15) is 58.2 Å². The number of rotatable bonds is 4. The molecule has 2 unspecified atom stereocenters. The maximum atomic E-state index is 2.55. The molecule has 1 aliphatic heterocycles. The smallest absolute Gasteiger partial charge is 0.0630 e. The van der Waals surface area contributed by atoms with Gasteiger partial charge in [-0.25, -0.2) is 0 Å². The fourth-order valence-corrected chi connectivity index (χ4v) is 6.73. The Bertz CT molecular complexity index is 1940. The molecular formula is C42H42N2. The molecular weight excluding hydrogens is 532 g/mol. The molecule has 0 amide bonds. The summed E-state index contributed by atoms with van der Waals surface area (Å²) in [4.78, 5) is 2.55. The van der Waals surface area contributed by atoms with Gasteiger partial charge in [0.15, 0.2) is 0 Å². The van der Waals surface area contributed by atoms with Gasteiger partial charge in [0.1, 0.15) is 0 Å². The highest BCUT2D eigenvalue weighted by Gasteiger charge is 2.35. The fraction of sp³-hybridized carbons (Fsp3) is 0.238. The summed E-state index contributed by atoms with van der Waals surface area (Å²) in [6.07, 6.45) is 7.46. The molecule has 2 aliphatic rings. The molecule has 2 heteroatoms. The van der Waals surface area contributed by atoms with Gasteiger partial charge < -0.3 is 9.47 Å². The summed E-state index contributed by atoms with van der Waals surface area (Å²) in [6.45, 7) is 13.7. The van der Waals surface area contributed by atoms with E-state index in [4.69, 9.17) is 0 Å². The van der Waals surface area contributed by atoms with Crippen LogP contribution < -0.4 is 15.5 Å². The van der Waals surface area contributed by atoms with Crippen molar-refractivity contribution in [3.63, 3.8) is 0 Å². The number of hydrogen-bond donors (Lipinski definition) is 0. The minimum atomic E-state index is 0.112. The normalized spacial score (nSPS) is 17.8. The van der Waals surface area contributed by atoms with Crippen LogP contribution in [0, 0.1) is 5.92 Å². The van der Waals surface area contributed by atoms with E-state index < -0.39 is 0 Å². The minimum absolute atomic E-state index is 0.112. The van der Waals surface area contributed by atoms with Crippen molar-refractivity contribution in [2.45, 2.75) is 58.4 Å². The molecule has 7 rings (SSSR count). The van der Waals surface area contributed by atoms with Gasteiger partial charge in [-0.2, -0.15) is 0 Å². The SMILES string of the molecule is CC(C)(C)c1ccc(N2C(c3ccccc3)=CC3C=c4c(cc(-c5ccccc5)n4-c4ccc(C(C)(C)C)cc4)=CC32)cc1. The quantitative estimate of drug-likeness (QED) is 0.208. The van der Waals surface area contributed by atoms with Crippen LogP contribution in [0.25, 0.3) is 34.8 Å². The van der Waals surface area contributed by atoms with E-state index in [0.717, 1.165) is 0 Å². The van der Waals surface area contributed by atoms with Crippen molar-refractivity contribution in [1.82, 2.24) is 4.57 Å². The highest BCUT2D eigenvalue weighted by Crippen LogP contribution is 2.41. The fourth-order valence-electron chi connectivity index (χ4n) is 6.73. The number of benzene rings is 4. The zero-order valence-corrected chi connectivity index (χ0v) is 26.8. The molecule has 4 aromatic carbocycles. The van der Waals surface area contributed by atoms with Crippen LogP contribution in [0.3, 0.4) is 0 Å². The molecule has 0 saturated carbocycles. The summed E-state index contributed by atoms with van der Waals surface area (Å²) in [5.74, 6) is 0.242. The second kappa shape index (κ2) is 10.6. The Kier molecular flexibility index (Phi) is 6.77. The molecule has 0 N–H and O–H groups in total. The first-order valence-electron chi connectivity index (χ1n) is 15.9. The molecule has 0 fully saturated rings. The lowest BCUT2D eigenvalue weighted by Crippen LogP contribution is -2.41. The Morgan fingerprint density at radius 2 is 1.05 bits per heavy atom. The lowest BCUT2D eigenvalue weighted by atomic mass is 9.87. The van der Waals surface area contributed by atoms with Gasteiger partial charge in [0, 0.05) is 28.3 Å². The summed E-state index contributed by atoms with van der Waals surface area (Å²) in [6, 6.07) is 42.6. The molecule has 0 spiro atoms. The predicted octanol–water partition coefficient (Wildman–Crippen LogP) is 8.86. The average molecular weight is 575 g/mol. The van der Waals surface area contributed by atoms with E-state index in [9.17, 15) is 0 Å². The molecule has 5 aromatic rings. The Hall–Kier alpha value is -4.56. The maximum Gasteiger partial charge on any atom is 0.0630 e. The van der Waals surface area contributed by atoms with Crippen molar-refractivity contribution in [2.24, 2.45) is 5.92 Å². The Morgan fingerprint density at radius 1 is 0.523 bits per heavy atom. The minimum Gasteiger partial charge on any atom is -0.333 e. The number of anilines is 1. The van der Waals surface area contributed by atoms with Crippen LogP contribution in [0.5, 0.6) is 0 Å². The van der Waals surface area contributed by atoms with Gasteiger partial charge in [0.25, 0.3) is 0 Å². The third-order valence-electron chi connectivity index (χ3n) is 9.21. The van der Waals surface area contributed by atoms with Crippen molar-refractivity contribution in [3.8, 4) is 16.9 Å². The molecule has 0 saturated heterocycles. The highest BCUT2D eigenvalue weighted by molar-refractivity contribution is 5.87. The van der Waals surface area contributed by atoms with Crippen molar-refractivity contribution in [2.75, 3.05) is 4.90 Å². The zero-order chi connectivity index (χ0) is 30.6. The van der Waals surface area contributed by atoms with Crippen molar-refractivity contribution in [1.29, 1.82) is 0 Å². The Balaban J connectivity index is 1.41. The Labute approximate surface area is 262 Å². The van der Waals surface area contributed by atoms with E-state index in [1.165, 1.54) is 55.6 Å².